The first-order chi connectivity index (χ1) is 8.08. The van der Waals surface area contributed by atoms with Crippen molar-refractivity contribution >= 4 is 21.2 Å². The number of benzene rings is 1. The molecule has 0 saturated carbocycles. The van der Waals surface area contributed by atoms with Crippen LogP contribution in [0.15, 0.2) is 30.3 Å². The zero-order valence-corrected chi connectivity index (χ0v) is 10.5. The minimum Gasteiger partial charge on any atom is -0.474 e. The van der Waals surface area contributed by atoms with Gasteiger partial charge in [0.25, 0.3) is 11.9 Å². The van der Waals surface area contributed by atoms with Crippen LogP contribution in [-0.4, -0.2) is 21.2 Å². The third-order valence-corrected chi connectivity index (χ3v) is 2.83. The van der Waals surface area contributed by atoms with Gasteiger partial charge in [0.05, 0.1) is 0 Å². The van der Waals surface area contributed by atoms with E-state index in [1.807, 2.05) is 30.3 Å². The van der Waals surface area contributed by atoms with Crippen molar-refractivity contribution < 1.29 is 18.4 Å². The Hall–Kier alpha value is -2.06. The zero-order valence-electron chi connectivity index (χ0n) is 9.52. The lowest BCUT2D eigenvalue weighted by molar-refractivity contribution is -0.137. The van der Waals surface area contributed by atoms with Gasteiger partial charge in [-0.1, -0.05) is 24.1 Å². The monoisotopic (exact) mass is 247 g/mol. The first-order valence-electron chi connectivity index (χ1n) is 4.89. The fourth-order valence-electron chi connectivity index (χ4n) is 0.978. The van der Waals surface area contributed by atoms with E-state index in [4.69, 9.17) is 8.85 Å². The average molecular weight is 247 g/mol. The second kappa shape index (κ2) is 6.50. The number of hydrogen-bond acceptors (Lipinski definition) is 4. The molecule has 87 valence electrons. The molecule has 0 atom stereocenters. The summed E-state index contributed by atoms with van der Waals surface area (Å²) in [6.45, 7) is 2.50. The fourth-order valence-corrected chi connectivity index (χ4v) is 1.89. The van der Waals surface area contributed by atoms with Crippen molar-refractivity contribution in [3.05, 3.63) is 35.9 Å². The summed E-state index contributed by atoms with van der Waals surface area (Å²) in [5.74, 6) is 1.77. The number of carbonyl (C=O) groups excluding carboxylic acids is 2. The lowest BCUT2D eigenvalue weighted by Gasteiger charge is -2.05. The average Bonchev–Trinajstić information content (AvgIpc) is 2.26. The Kier molecular flexibility index (Phi) is 4.98. The first kappa shape index (κ1) is 13.0. The maximum Gasteiger partial charge on any atom is 0.637 e. The van der Waals surface area contributed by atoms with Gasteiger partial charge in [0.2, 0.25) is 0 Å². The molecule has 1 aromatic rings. The molecule has 0 bridgehead atoms. The van der Waals surface area contributed by atoms with Gasteiger partial charge in [0.1, 0.15) is 0 Å². The van der Waals surface area contributed by atoms with Crippen LogP contribution in [0.2, 0.25) is 0 Å². The standard InChI is InChI=1S/C12H11O4Si/c1-10(13)15-17(16-11(2)14)9-8-12-6-4-3-5-7-12/h3-7H,1-2H3. The smallest absolute Gasteiger partial charge is 0.474 e. The molecule has 0 aromatic heterocycles. The molecule has 0 saturated heterocycles. The summed E-state index contributed by atoms with van der Waals surface area (Å²) < 4.78 is 9.66. The van der Waals surface area contributed by atoms with Gasteiger partial charge in [-0.25, -0.2) is 0 Å². The minimum atomic E-state index is -2.20. The summed E-state index contributed by atoms with van der Waals surface area (Å²) in [6.07, 6.45) is 0. The Morgan fingerprint density at radius 3 is 2.06 bits per heavy atom. The van der Waals surface area contributed by atoms with Gasteiger partial charge < -0.3 is 8.85 Å². The summed E-state index contributed by atoms with van der Waals surface area (Å²) >= 11 is 0. The van der Waals surface area contributed by atoms with Crippen LogP contribution in [0.25, 0.3) is 0 Å². The molecule has 0 aliphatic carbocycles. The Bertz CT molecular complexity index is 442. The maximum absolute atomic E-state index is 10.8. The maximum atomic E-state index is 10.8. The van der Waals surface area contributed by atoms with Crippen molar-refractivity contribution in [2.24, 2.45) is 0 Å². The zero-order chi connectivity index (χ0) is 12.7. The second-order valence-corrected chi connectivity index (χ2v) is 4.32. The van der Waals surface area contributed by atoms with E-state index < -0.39 is 21.2 Å². The molecular weight excluding hydrogens is 236 g/mol. The molecule has 0 amide bonds. The van der Waals surface area contributed by atoms with E-state index in [2.05, 4.69) is 11.5 Å². The molecule has 0 aliphatic rings. The van der Waals surface area contributed by atoms with E-state index in [0.29, 0.717) is 0 Å². The fraction of sp³-hybridized carbons (Fsp3) is 0.167. The molecule has 1 aromatic carbocycles. The predicted molar refractivity (Wildman–Crippen MR) is 62.6 cm³/mol. The summed E-state index contributed by atoms with van der Waals surface area (Å²) in [7, 11) is -2.20. The van der Waals surface area contributed by atoms with Crippen molar-refractivity contribution in [3.63, 3.8) is 0 Å². The van der Waals surface area contributed by atoms with Crippen molar-refractivity contribution in [2.75, 3.05) is 0 Å². The van der Waals surface area contributed by atoms with Crippen molar-refractivity contribution in [2.45, 2.75) is 13.8 Å². The highest BCUT2D eigenvalue weighted by atomic mass is 28.3. The van der Waals surface area contributed by atoms with Gasteiger partial charge in [-0.05, 0) is 17.7 Å². The van der Waals surface area contributed by atoms with Gasteiger partial charge in [0, 0.05) is 19.4 Å². The Morgan fingerprint density at radius 1 is 1.06 bits per heavy atom. The molecule has 1 rings (SSSR count). The minimum absolute atomic E-state index is 0.512. The molecule has 4 nitrogen and oxygen atoms in total. The normalized spacial score (nSPS) is 9.12. The van der Waals surface area contributed by atoms with E-state index in [0.717, 1.165) is 5.56 Å². The molecule has 5 heteroatoms. The van der Waals surface area contributed by atoms with Crippen molar-refractivity contribution in [1.29, 1.82) is 0 Å². The number of carbonyl (C=O) groups is 2. The highest BCUT2D eigenvalue weighted by Gasteiger charge is 2.21. The lowest BCUT2D eigenvalue weighted by Crippen LogP contribution is -2.26. The lowest BCUT2D eigenvalue weighted by atomic mass is 10.2. The van der Waals surface area contributed by atoms with E-state index >= 15 is 0 Å². The highest BCUT2D eigenvalue weighted by Crippen LogP contribution is 1.96. The molecule has 0 unspecified atom stereocenters. The third-order valence-electron chi connectivity index (χ3n) is 1.56. The molecule has 0 heterocycles. The van der Waals surface area contributed by atoms with E-state index in [-0.39, 0.29) is 0 Å². The predicted octanol–water partition coefficient (Wildman–Crippen LogP) is 1.19. The van der Waals surface area contributed by atoms with Crippen LogP contribution in [0, 0.1) is 11.5 Å². The van der Waals surface area contributed by atoms with E-state index in [9.17, 15) is 9.59 Å². The van der Waals surface area contributed by atoms with Gasteiger partial charge in [0.15, 0.2) is 0 Å². The topological polar surface area (TPSA) is 52.6 Å². The van der Waals surface area contributed by atoms with Gasteiger partial charge in [-0.15, -0.1) is 0 Å². The van der Waals surface area contributed by atoms with Crippen molar-refractivity contribution in [3.8, 4) is 11.5 Å². The van der Waals surface area contributed by atoms with Crippen LogP contribution < -0.4 is 0 Å². The van der Waals surface area contributed by atoms with Crippen LogP contribution in [0.4, 0.5) is 0 Å². The first-order valence-corrected chi connectivity index (χ1v) is 6.20. The SMILES string of the molecule is CC(=O)O[Si](C#Cc1ccccc1)OC(C)=O. The van der Waals surface area contributed by atoms with Gasteiger partial charge in [-0.3, -0.25) is 9.59 Å². The summed E-state index contributed by atoms with van der Waals surface area (Å²) in [5.41, 5.74) is 3.44. The van der Waals surface area contributed by atoms with E-state index in [1.165, 1.54) is 13.8 Å². The number of hydrogen-bond donors (Lipinski definition) is 0. The van der Waals surface area contributed by atoms with Crippen LogP contribution in [0.1, 0.15) is 19.4 Å². The van der Waals surface area contributed by atoms with Crippen LogP contribution in [-0.2, 0) is 18.4 Å². The molecule has 0 fully saturated rings. The molecule has 0 spiro atoms. The Balaban J connectivity index is 2.75. The largest absolute Gasteiger partial charge is 0.637 e. The molecule has 17 heavy (non-hydrogen) atoms. The number of rotatable bonds is 2. The quantitative estimate of drug-likeness (QED) is 0.582. The van der Waals surface area contributed by atoms with Gasteiger partial charge >= 0.3 is 9.28 Å². The third kappa shape index (κ3) is 5.54. The van der Waals surface area contributed by atoms with Crippen molar-refractivity contribution in [1.82, 2.24) is 0 Å². The van der Waals surface area contributed by atoms with E-state index in [1.54, 1.807) is 0 Å². The molecule has 1 radical (unpaired) electrons. The summed E-state index contributed by atoms with van der Waals surface area (Å²) in [5, 5.41) is 0. The highest BCUT2D eigenvalue weighted by molar-refractivity contribution is 6.58. The Morgan fingerprint density at radius 2 is 1.59 bits per heavy atom. The Labute approximate surface area is 101 Å². The summed E-state index contributed by atoms with van der Waals surface area (Å²) in [4.78, 5) is 21.6. The van der Waals surface area contributed by atoms with Gasteiger partial charge in [-0.2, -0.15) is 0 Å². The molecule has 0 aliphatic heterocycles. The second-order valence-electron chi connectivity index (χ2n) is 3.09. The van der Waals surface area contributed by atoms with Crippen LogP contribution in [0.3, 0.4) is 0 Å². The molecular formula is C12H11O4Si. The van der Waals surface area contributed by atoms with Crippen LogP contribution >= 0.6 is 0 Å². The molecule has 0 N–H and O–H groups in total. The van der Waals surface area contributed by atoms with Crippen LogP contribution in [0.5, 0.6) is 0 Å². The summed E-state index contributed by atoms with van der Waals surface area (Å²) in [6, 6.07) is 9.18.